The van der Waals surface area contributed by atoms with Crippen LogP contribution in [-0.4, -0.2) is 12.3 Å². The highest BCUT2D eigenvalue weighted by molar-refractivity contribution is 5.76. The first kappa shape index (κ1) is 12.3. The second kappa shape index (κ2) is 5.09. The Labute approximate surface area is 116 Å². The molecule has 4 nitrogen and oxygen atoms in total. The molecule has 3 aromatic rings. The molecule has 1 aromatic heterocycles. The van der Waals surface area contributed by atoms with E-state index in [4.69, 9.17) is 15.0 Å². The number of benzene rings is 2. The molecule has 20 heavy (non-hydrogen) atoms. The average molecular weight is 266 g/mol. The number of methoxy groups -OCH3 is 1. The molecular formula is C16H14N2O2. The van der Waals surface area contributed by atoms with Crippen LogP contribution in [0.3, 0.4) is 0 Å². The Morgan fingerprint density at radius 2 is 1.80 bits per heavy atom. The summed E-state index contributed by atoms with van der Waals surface area (Å²) < 4.78 is 10.3. The van der Waals surface area contributed by atoms with Crippen LogP contribution in [0.1, 0.15) is 0 Å². The van der Waals surface area contributed by atoms with Crippen molar-refractivity contribution in [2.45, 2.75) is 0 Å². The summed E-state index contributed by atoms with van der Waals surface area (Å²) >= 11 is 0. The van der Waals surface area contributed by atoms with Gasteiger partial charge in [-0.25, -0.2) is 0 Å². The lowest BCUT2D eigenvalue weighted by Crippen LogP contribution is -1.89. The van der Waals surface area contributed by atoms with Crippen LogP contribution in [0.15, 0.2) is 59.1 Å². The minimum atomic E-state index is 0.303. The molecule has 0 aliphatic carbocycles. The molecule has 4 heteroatoms. The molecule has 0 radical (unpaired) electrons. The summed E-state index contributed by atoms with van der Waals surface area (Å²) in [5, 5.41) is 3.94. The molecule has 0 bridgehead atoms. The summed E-state index contributed by atoms with van der Waals surface area (Å²) in [6.07, 6.45) is 0. The molecular weight excluding hydrogens is 252 g/mol. The zero-order chi connectivity index (χ0) is 13.9. The van der Waals surface area contributed by atoms with Gasteiger partial charge in [0.05, 0.1) is 7.11 Å². The molecule has 0 unspecified atom stereocenters. The zero-order valence-electron chi connectivity index (χ0n) is 11.0. The molecule has 2 N–H and O–H groups in total. The molecule has 0 spiro atoms. The second-order valence-electron chi connectivity index (χ2n) is 4.40. The van der Waals surface area contributed by atoms with Crippen LogP contribution in [0.4, 0.5) is 5.88 Å². The van der Waals surface area contributed by atoms with Gasteiger partial charge in [-0.2, -0.15) is 0 Å². The minimum Gasteiger partial charge on any atom is -0.496 e. The van der Waals surface area contributed by atoms with Crippen LogP contribution in [-0.2, 0) is 0 Å². The second-order valence-corrected chi connectivity index (χ2v) is 4.40. The van der Waals surface area contributed by atoms with Gasteiger partial charge in [-0.05, 0) is 23.8 Å². The van der Waals surface area contributed by atoms with Crippen molar-refractivity contribution in [3.05, 3.63) is 54.6 Å². The Balaban J connectivity index is 2.12. The number of nitrogen functional groups attached to an aromatic ring is 1. The summed E-state index contributed by atoms with van der Waals surface area (Å²) in [7, 11) is 1.66. The maximum absolute atomic E-state index is 5.57. The Morgan fingerprint density at radius 3 is 2.45 bits per heavy atom. The van der Waals surface area contributed by atoms with Crippen molar-refractivity contribution in [2.24, 2.45) is 0 Å². The fourth-order valence-corrected chi connectivity index (χ4v) is 2.14. The van der Waals surface area contributed by atoms with Crippen LogP contribution in [0.2, 0.25) is 0 Å². The van der Waals surface area contributed by atoms with Crippen LogP contribution >= 0.6 is 0 Å². The van der Waals surface area contributed by atoms with Crippen LogP contribution in [0.5, 0.6) is 5.75 Å². The first-order valence-corrected chi connectivity index (χ1v) is 6.24. The van der Waals surface area contributed by atoms with Crippen LogP contribution < -0.4 is 10.5 Å². The summed E-state index contributed by atoms with van der Waals surface area (Å²) in [4.78, 5) is 0. The van der Waals surface area contributed by atoms with Crippen molar-refractivity contribution in [2.75, 3.05) is 12.8 Å². The molecule has 0 saturated heterocycles. The third kappa shape index (κ3) is 2.23. The third-order valence-electron chi connectivity index (χ3n) is 3.11. The summed E-state index contributed by atoms with van der Waals surface area (Å²) in [6.45, 7) is 0. The molecule has 2 aromatic carbocycles. The van der Waals surface area contributed by atoms with Gasteiger partial charge in [-0.15, -0.1) is 0 Å². The summed E-state index contributed by atoms with van der Waals surface area (Å²) in [5.74, 6) is 1.12. The highest BCUT2D eigenvalue weighted by Crippen LogP contribution is 2.34. The van der Waals surface area contributed by atoms with E-state index in [1.54, 1.807) is 13.2 Å². The molecule has 0 atom stereocenters. The number of ether oxygens (including phenoxy) is 1. The first-order chi connectivity index (χ1) is 9.78. The lowest BCUT2D eigenvalue weighted by atomic mass is 10.0. The standard InChI is InChI=1S/C16H14N2O2/c1-19-15-8-7-12(14-10-16(17)20-18-14)9-13(15)11-5-3-2-4-6-11/h2-10H,17H2,1H3. The number of aromatic nitrogens is 1. The molecule has 3 rings (SSSR count). The van der Waals surface area contributed by atoms with Crippen molar-refractivity contribution in [1.82, 2.24) is 5.16 Å². The van der Waals surface area contributed by atoms with E-state index in [1.807, 2.05) is 48.5 Å². The number of nitrogens with two attached hydrogens (primary N) is 1. The van der Waals surface area contributed by atoms with Crippen molar-refractivity contribution >= 4 is 5.88 Å². The van der Waals surface area contributed by atoms with Gasteiger partial charge in [-0.1, -0.05) is 35.5 Å². The number of hydrogen-bond acceptors (Lipinski definition) is 4. The quantitative estimate of drug-likeness (QED) is 0.786. The van der Waals surface area contributed by atoms with E-state index < -0.39 is 0 Å². The Kier molecular flexibility index (Phi) is 3.13. The summed E-state index contributed by atoms with van der Waals surface area (Å²) in [6, 6.07) is 17.6. The van der Waals surface area contributed by atoms with Crippen LogP contribution in [0.25, 0.3) is 22.4 Å². The van der Waals surface area contributed by atoms with Crippen molar-refractivity contribution in [3.8, 4) is 28.1 Å². The normalized spacial score (nSPS) is 10.4. The van der Waals surface area contributed by atoms with Crippen molar-refractivity contribution in [3.63, 3.8) is 0 Å². The van der Waals surface area contributed by atoms with Gasteiger partial charge in [0, 0.05) is 17.2 Å². The fourth-order valence-electron chi connectivity index (χ4n) is 2.14. The zero-order valence-corrected chi connectivity index (χ0v) is 11.0. The fraction of sp³-hybridized carbons (Fsp3) is 0.0625. The minimum absolute atomic E-state index is 0.303. The molecule has 100 valence electrons. The Hall–Kier alpha value is -2.75. The van der Waals surface area contributed by atoms with Crippen molar-refractivity contribution in [1.29, 1.82) is 0 Å². The lowest BCUT2D eigenvalue weighted by molar-refractivity contribution is 0.416. The van der Waals surface area contributed by atoms with Gasteiger partial charge in [0.1, 0.15) is 11.4 Å². The van der Waals surface area contributed by atoms with E-state index in [0.29, 0.717) is 11.6 Å². The van der Waals surface area contributed by atoms with Crippen molar-refractivity contribution < 1.29 is 9.26 Å². The van der Waals surface area contributed by atoms with E-state index in [-0.39, 0.29) is 0 Å². The van der Waals surface area contributed by atoms with Gasteiger partial charge >= 0.3 is 0 Å². The number of hydrogen-bond donors (Lipinski definition) is 1. The van der Waals surface area contributed by atoms with E-state index in [0.717, 1.165) is 22.4 Å². The molecule has 0 fully saturated rings. The molecule has 0 aliphatic rings. The molecule has 1 heterocycles. The Morgan fingerprint density at radius 1 is 1.00 bits per heavy atom. The lowest BCUT2D eigenvalue weighted by Gasteiger charge is -2.10. The van der Waals surface area contributed by atoms with Gasteiger partial charge in [0.25, 0.3) is 0 Å². The highest BCUT2D eigenvalue weighted by Gasteiger charge is 2.10. The highest BCUT2D eigenvalue weighted by atomic mass is 16.5. The monoisotopic (exact) mass is 266 g/mol. The number of anilines is 1. The van der Waals surface area contributed by atoms with Gasteiger partial charge < -0.3 is 15.0 Å². The van der Waals surface area contributed by atoms with Crippen LogP contribution in [0, 0.1) is 0 Å². The predicted molar refractivity (Wildman–Crippen MR) is 78.3 cm³/mol. The SMILES string of the molecule is COc1ccc(-c2cc(N)on2)cc1-c1ccccc1. The molecule has 0 aliphatic heterocycles. The number of nitrogens with zero attached hydrogens (tertiary/aromatic N) is 1. The Bertz CT molecular complexity index is 720. The van der Waals surface area contributed by atoms with E-state index in [2.05, 4.69) is 5.16 Å². The van der Waals surface area contributed by atoms with Gasteiger partial charge in [0.2, 0.25) is 5.88 Å². The van der Waals surface area contributed by atoms with E-state index in [9.17, 15) is 0 Å². The number of rotatable bonds is 3. The molecule has 0 saturated carbocycles. The first-order valence-electron chi connectivity index (χ1n) is 6.24. The smallest absolute Gasteiger partial charge is 0.222 e. The van der Waals surface area contributed by atoms with Gasteiger partial charge in [-0.3, -0.25) is 0 Å². The predicted octanol–water partition coefficient (Wildman–Crippen LogP) is 3.60. The molecule has 0 amide bonds. The third-order valence-corrected chi connectivity index (χ3v) is 3.11. The largest absolute Gasteiger partial charge is 0.496 e. The van der Waals surface area contributed by atoms with E-state index >= 15 is 0 Å². The maximum Gasteiger partial charge on any atom is 0.222 e. The average Bonchev–Trinajstić information content (AvgIpc) is 2.94. The van der Waals surface area contributed by atoms with Gasteiger partial charge in [0.15, 0.2) is 0 Å². The van der Waals surface area contributed by atoms with E-state index in [1.165, 1.54) is 0 Å². The maximum atomic E-state index is 5.57. The topological polar surface area (TPSA) is 61.3 Å². The summed E-state index contributed by atoms with van der Waals surface area (Å²) in [5.41, 5.74) is 9.31.